The van der Waals surface area contributed by atoms with Crippen LogP contribution in [0.5, 0.6) is 0 Å². The molecule has 0 atom stereocenters. The van der Waals surface area contributed by atoms with Crippen LogP contribution >= 0.6 is 0 Å². The third-order valence-electron chi connectivity index (χ3n) is 7.67. The SMILES string of the molecule is CC(C)n1cc(Nc2cc(-c3ccnc(-n4ccn5c6c(cc5c4=O)CC(C)(C)C6)c3CO)cn(C)c2=O)cn1. The molecule has 10 nitrogen and oxygen atoms in total. The fraction of sp³-hybridized carbons (Fsp3) is 0.333. The summed E-state index contributed by atoms with van der Waals surface area (Å²) < 4.78 is 6.78. The number of aliphatic hydroxyl groups is 1. The molecule has 0 fully saturated rings. The van der Waals surface area contributed by atoms with Crippen molar-refractivity contribution < 1.29 is 5.11 Å². The third-order valence-corrected chi connectivity index (χ3v) is 7.67. The predicted molar refractivity (Wildman–Crippen MR) is 154 cm³/mol. The number of hydrogen-bond donors (Lipinski definition) is 2. The number of pyridine rings is 2. The number of hydrogen-bond acceptors (Lipinski definition) is 6. The molecule has 0 spiro atoms. The Labute approximate surface area is 231 Å². The van der Waals surface area contributed by atoms with Crippen molar-refractivity contribution in [2.24, 2.45) is 12.5 Å². The van der Waals surface area contributed by atoms with E-state index >= 15 is 0 Å². The van der Waals surface area contributed by atoms with Crippen LogP contribution in [0.25, 0.3) is 22.5 Å². The largest absolute Gasteiger partial charge is 0.392 e. The van der Waals surface area contributed by atoms with Crippen molar-refractivity contribution in [3.8, 4) is 16.9 Å². The Morgan fingerprint density at radius 3 is 2.62 bits per heavy atom. The molecule has 10 heteroatoms. The Morgan fingerprint density at radius 1 is 1.10 bits per heavy atom. The lowest BCUT2D eigenvalue weighted by molar-refractivity contribution is 0.281. The minimum absolute atomic E-state index is 0.180. The summed E-state index contributed by atoms with van der Waals surface area (Å²) in [6, 6.07) is 5.71. The highest BCUT2D eigenvalue weighted by Crippen LogP contribution is 2.37. The molecule has 0 saturated heterocycles. The standard InChI is InChI=1S/C30H33N7O3/c1-18(2)37-16-21(14-32-37)33-24-10-20(15-34(5)28(24)39)22-6-7-31-27(23(22)17-38)36-9-8-35-25(29(36)40)11-19-12-30(3,4)13-26(19)35/h6-11,14-16,18,33,38H,12-13,17H2,1-5H3. The summed E-state index contributed by atoms with van der Waals surface area (Å²) in [6.45, 7) is 8.20. The molecule has 0 aliphatic heterocycles. The number of nitrogens with zero attached hydrogens (tertiary/aromatic N) is 6. The summed E-state index contributed by atoms with van der Waals surface area (Å²) in [4.78, 5) is 31.2. The van der Waals surface area contributed by atoms with Gasteiger partial charge in [-0.25, -0.2) is 4.98 Å². The average molecular weight is 540 g/mol. The maximum Gasteiger partial charge on any atom is 0.280 e. The Bertz CT molecular complexity index is 1890. The molecular weight excluding hydrogens is 506 g/mol. The molecule has 2 N–H and O–H groups in total. The van der Waals surface area contributed by atoms with E-state index in [2.05, 4.69) is 29.2 Å². The zero-order chi connectivity index (χ0) is 28.3. The van der Waals surface area contributed by atoms with Crippen LogP contribution in [-0.2, 0) is 26.5 Å². The van der Waals surface area contributed by atoms with Gasteiger partial charge >= 0.3 is 0 Å². The maximum absolute atomic E-state index is 13.7. The Hall–Kier alpha value is -4.44. The highest BCUT2D eigenvalue weighted by molar-refractivity contribution is 5.73. The summed E-state index contributed by atoms with van der Waals surface area (Å²) in [5.41, 5.74) is 5.69. The number of aromatic nitrogens is 6. The average Bonchev–Trinajstić information content (AvgIpc) is 3.59. The highest BCUT2D eigenvalue weighted by Gasteiger charge is 2.31. The van der Waals surface area contributed by atoms with Crippen molar-refractivity contribution in [3.63, 3.8) is 0 Å². The van der Waals surface area contributed by atoms with Gasteiger partial charge in [-0.05, 0) is 61.4 Å². The highest BCUT2D eigenvalue weighted by atomic mass is 16.3. The van der Waals surface area contributed by atoms with E-state index in [1.54, 1.807) is 44.0 Å². The molecule has 0 radical (unpaired) electrons. The summed E-state index contributed by atoms with van der Waals surface area (Å²) in [6.07, 6.45) is 12.3. The Kier molecular flexibility index (Phi) is 6.03. The number of aryl methyl sites for hydroxylation is 1. The first kappa shape index (κ1) is 25.8. The zero-order valence-corrected chi connectivity index (χ0v) is 23.3. The van der Waals surface area contributed by atoms with Crippen molar-refractivity contribution in [2.75, 3.05) is 5.32 Å². The quantitative estimate of drug-likeness (QED) is 0.338. The molecule has 6 rings (SSSR count). The van der Waals surface area contributed by atoms with Gasteiger partial charge in [0.15, 0.2) is 0 Å². The second kappa shape index (κ2) is 9.34. The molecule has 0 bridgehead atoms. The molecule has 206 valence electrons. The smallest absolute Gasteiger partial charge is 0.280 e. The molecule has 5 heterocycles. The van der Waals surface area contributed by atoms with Gasteiger partial charge in [0.1, 0.15) is 17.0 Å². The lowest BCUT2D eigenvalue weighted by Crippen LogP contribution is -2.23. The molecule has 0 amide bonds. The summed E-state index contributed by atoms with van der Waals surface area (Å²) >= 11 is 0. The minimum atomic E-state index is -0.339. The molecule has 40 heavy (non-hydrogen) atoms. The normalized spacial score (nSPS) is 14.3. The second-order valence-electron chi connectivity index (χ2n) is 11.7. The van der Waals surface area contributed by atoms with E-state index in [1.807, 2.05) is 41.4 Å². The van der Waals surface area contributed by atoms with Gasteiger partial charge in [-0.1, -0.05) is 13.8 Å². The molecule has 1 aliphatic rings. The number of nitrogens with one attached hydrogen (secondary N) is 1. The van der Waals surface area contributed by atoms with Crippen LogP contribution in [0.3, 0.4) is 0 Å². The van der Waals surface area contributed by atoms with Crippen LogP contribution in [0.2, 0.25) is 0 Å². The minimum Gasteiger partial charge on any atom is -0.392 e. The van der Waals surface area contributed by atoms with Crippen molar-refractivity contribution in [3.05, 3.63) is 92.9 Å². The summed E-state index contributed by atoms with van der Waals surface area (Å²) in [5, 5.41) is 18.0. The Morgan fingerprint density at radius 2 is 1.90 bits per heavy atom. The van der Waals surface area contributed by atoms with Crippen molar-refractivity contribution >= 4 is 16.9 Å². The van der Waals surface area contributed by atoms with Gasteiger partial charge in [-0.2, -0.15) is 5.10 Å². The van der Waals surface area contributed by atoms with Gasteiger partial charge in [-0.15, -0.1) is 0 Å². The van der Waals surface area contributed by atoms with Crippen molar-refractivity contribution in [1.82, 2.24) is 28.3 Å². The van der Waals surface area contributed by atoms with Gasteiger partial charge < -0.3 is 19.4 Å². The molecule has 0 saturated carbocycles. The van der Waals surface area contributed by atoms with Gasteiger partial charge in [-0.3, -0.25) is 18.8 Å². The first-order valence-corrected chi connectivity index (χ1v) is 13.4. The fourth-order valence-electron chi connectivity index (χ4n) is 5.73. The summed E-state index contributed by atoms with van der Waals surface area (Å²) in [7, 11) is 1.68. The number of aliphatic hydroxyl groups excluding tert-OH is 1. The van der Waals surface area contributed by atoms with Crippen LogP contribution in [0.4, 0.5) is 11.4 Å². The van der Waals surface area contributed by atoms with E-state index < -0.39 is 0 Å². The van der Waals surface area contributed by atoms with Gasteiger partial charge in [0.2, 0.25) is 0 Å². The summed E-state index contributed by atoms with van der Waals surface area (Å²) in [5.74, 6) is 0.357. The number of fused-ring (bicyclic) bond motifs is 3. The van der Waals surface area contributed by atoms with Crippen LogP contribution < -0.4 is 16.4 Å². The molecule has 0 aromatic carbocycles. The van der Waals surface area contributed by atoms with Gasteiger partial charge in [0.25, 0.3) is 11.1 Å². The lowest BCUT2D eigenvalue weighted by Gasteiger charge is -2.17. The molecule has 1 aliphatic carbocycles. The molecule has 0 unspecified atom stereocenters. The molecular formula is C30H33N7O3. The number of anilines is 2. The fourth-order valence-corrected chi connectivity index (χ4v) is 5.73. The van der Waals surface area contributed by atoms with Crippen LogP contribution in [0, 0.1) is 5.41 Å². The first-order valence-electron chi connectivity index (χ1n) is 13.4. The van der Waals surface area contributed by atoms with E-state index in [0.29, 0.717) is 39.4 Å². The third kappa shape index (κ3) is 4.24. The van der Waals surface area contributed by atoms with Crippen LogP contribution in [0.1, 0.15) is 50.6 Å². The van der Waals surface area contributed by atoms with Gasteiger partial charge in [0, 0.05) is 60.9 Å². The predicted octanol–water partition coefficient (Wildman–Crippen LogP) is 3.99. The molecule has 5 aromatic heterocycles. The Balaban J connectivity index is 1.44. The molecule has 5 aromatic rings. The zero-order valence-electron chi connectivity index (χ0n) is 23.3. The van der Waals surface area contributed by atoms with E-state index in [4.69, 9.17) is 0 Å². The van der Waals surface area contributed by atoms with Gasteiger partial charge in [0.05, 0.1) is 18.5 Å². The van der Waals surface area contributed by atoms with Crippen molar-refractivity contribution in [1.29, 1.82) is 0 Å². The first-order chi connectivity index (χ1) is 19.1. The van der Waals surface area contributed by atoms with E-state index in [-0.39, 0.29) is 29.2 Å². The van der Waals surface area contributed by atoms with E-state index in [9.17, 15) is 14.7 Å². The van der Waals surface area contributed by atoms with Crippen LogP contribution in [-0.4, -0.2) is 33.4 Å². The lowest BCUT2D eigenvalue weighted by atomic mass is 9.90. The maximum atomic E-state index is 13.7. The van der Waals surface area contributed by atoms with Crippen molar-refractivity contribution in [2.45, 2.75) is 53.2 Å². The van der Waals surface area contributed by atoms with Crippen LogP contribution in [0.15, 0.2) is 65.0 Å². The topological polar surface area (TPSA) is 111 Å². The van der Waals surface area contributed by atoms with E-state index in [0.717, 1.165) is 12.8 Å². The monoisotopic (exact) mass is 539 g/mol. The van der Waals surface area contributed by atoms with E-state index in [1.165, 1.54) is 20.4 Å². The number of rotatable bonds is 6. The second-order valence-corrected chi connectivity index (χ2v) is 11.7.